The molecule has 0 saturated carbocycles. The van der Waals surface area contributed by atoms with Gasteiger partial charge in [-0.25, -0.2) is 23.2 Å². The zero-order chi connectivity index (χ0) is 26.3. The molecule has 0 aliphatic rings. The van der Waals surface area contributed by atoms with Gasteiger partial charge in [-0.05, 0) is 41.1 Å². The van der Waals surface area contributed by atoms with Gasteiger partial charge in [0, 0.05) is 29.2 Å². The van der Waals surface area contributed by atoms with Crippen molar-refractivity contribution in [1.82, 2.24) is 9.97 Å². The van der Waals surface area contributed by atoms with Crippen LogP contribution in [0.4, 0.5) is 5.69 Å². The van der Waals surface area contributed by atoms with E-state index in [4.69, 9.17) is 13.9 Å². The molecule has 2 heterocycles. The molecule has 0 bridgehead atoms. The van der Waals surface area contributed by atoms with Crippen LogP contribution in [0.25, 0.3) is 33.4 Å². The first kappa shape index (κ1) is 25.2. The normalized spacial score (nSPS) is 11.9. The lowest BCUT2D eigenvalue weighted by Crippen LogP contribution is -2.14. The lowest BCUT2D eigenvalue weighted by atomic mass is 9.83. The maximum absolute atomic E-state index is 13.0. The van der Waals surface area contributed by atoms with Crippen molar-refractivity contribution < 1.29 is 22.3 Å². The third kappa shape index (κ3) is 5.03. The fraction of sp³-hybridized carbons (Fsp3) is 0.269. The molecule has 0 unspecified atom stereocenters. The standard InChI is InChI=1S/C26H27N3O6S/c1-26(2,3)20-12-16(22-24(34-5)28-10-9-27-22)11-19(23(20)33-4)21-13-15-7-8-17(29-36(6,31)32)14-18(15)25(30)35-21/h7-14,29H,1-6H3. The van der Waals surface area contributed by atoms with Crippen molar-refractivity contribution in [2.24, 2.45) is 0 Å². The number of sulfonamides is 1. The van der Waals surface area contributed by atoms with Crippen molar-refractivity contribution >= 4 is 26.5 Å². The largest absolute Gasteiger partial charge is 0.496 e. The summed E-state index contributed by atoms with van der Waals surface area (Å²) < 4.78 is 42.5. The van der Waals surface area contributed by atoms with E-state index in [0.29, 0.717) is 34.0 Å². The molecule has 9 nitrogen and oxygen atoms in total. The Hall–Kier alpha value is -3.92. The number of anilines is 1. The lowest BCUT2D eigenvalue weighted by molar-refractivity contribution is 0.395. The minimum absolute atomic E-state index is 0.245. The molecule has 0 aliphatic heterocycles. The van der Waals surface area contributed by atoms with E-state index in [-0.39, 0.29) is 16.5 Å². The molecule has 0 radical (unpaired) electrons. The van der Waals surface area contributed by atoms with Gasteiger partial charge in [-0.1, -0.05) is 26.8 Å². The molecule has 4 aromatic rings. The van der Waals surface area contributed by atoms with Gasteiger partial charge in [-0.2, -0.15) is 0 Å². The summed E-state index contributed by atoms with van der Waals surface area (Å²) in [6.45, 7) is 6.16. The van der Waals surface area contributed by atoms with Crippen LogP contribution in [0.15, 0.2) is 58.0 Å². The van der Waals surface area contributed by atoms with Crippen molar-refractivity contribution in [2.75, 3.05) is 25.2 Å². The molecule has 36 heavy (non-hydrogen) atoms. The van der Waals surface area contributed by atoms with E-state index >= 15 is 0 Å². The molecule has 0 saturated heterocycles. The highest BCUT2D eigenvalue weighted by atomic mass is 32.2. The van der Waals surface area contributed by atoms with E-state index in [1.165, 1.54) is 13.2 Å². The first-order valence-electron chi connectivity index (χ1n) is 11.0. The van der Waals surface area contributed by atoms with Crippen LogP contribution in [0.5, 0.6) is 11.6 Å². The Bertz CT molecular complexity index is 1620. The molecule has 0 amide bonds. The van der Waals surface area contributed by atoms with Gasteiger partial charge < -0.3 is 13.9 Å². The molecule has 1 N–H and O–H groups in total. The summed E-state index contributed by atoms with van der Waals surface area (Å²) in [5.41, 5.74) is 2.03. The Morgan fingerprint density at radius 1 is 0.972 bits per heavy atom. The van der Waals surface area contributed by atoms with Crippen LogP contribution in [0.3, 0.4) is 0 Å². The molecule has 4 rings (SSSR count). The topological polar surface area (TPSA) is 121 Å². The van der Waals surface area contributed by atoms with Crippen LogP contribution in [-0.2, 0) is 15.4 Å². The zero-order valence-electron chi connectivity index (χ0n) is 20.9. The van der Waals surface area contributed by atoms with E-state index in [1.54, 1.807) is 37.7 Å². The molecule has 2 aromatic carbocycles. The number of ether oxygens (including phenoxy) is 2. The smallest absolute Gasteiger partial charge is 0.344 e. The van der Waals surface area contributed by atoms with Crippen LogP contribution < -0.4 is 19.8 Å². The Morgan fingerprint density at radius 2 is 1.69 bits per heavy atom. The second kappa shape index (κ2) is 9.27. The molecule has 10 heteroatoms. The van der Waals surface area contributed by atoms with E-state index in [2.05, 4.69) is 35.5 Å². The molecular formula is C26H27N3O6S. The predicted molar refractivity (Wildman–Crippen MR) is 139 cm³/mol. The van der Waals surface area contributed by atoms with Crippen LogP contribution >= 0.6 is 0 Å². The molecule has 0 spiro atoms. The van der Waals surface area contributed by atoms with Crippen LogP contribution in [0.2, 0.25) is 0 Å². The van der Waals surface area contributed by atoms with Gasteiger partial charge in [0.1, 0.15) is 17.2 Å². The number of nitrogens with one attached hydrogen (secondary N) is 1. The summed E-state index contributed by atoms with van der Waals surface area (Å²) in [5, 5.41) is 0.830. The number of rotatable bonds is 6. The molecule has 0 atom stereocenters. The molecule has 188 valence electrons. The highest BCUT2D eigenvalue weighted by Crippen LogP contribution is 2.43. The number of benzene rings is 2. The average Bonchev–Trinajstić information content (AvgIpc) is 2.81. The van der Waals surface area contributed by atoms with E-state index in [1.807, 2.05) is 12.1 Å². The van der Waals surface area contributed by atoms with Crippen LogP contribution in [0.1, 0.15) is 26.3 Å². The second-order valence-corrected chi connectivity index (χ2v) is 11.1. The van der Waals surface area contributed by atoms with Gasteiger partial charge in [-0.15, -0.1) is 0 Å². The Balaban J connectivity index is 1.99. The van der Waals surface area contributed by atoms with Gasteiger partial charge in [0.05, 0.1) is 31.4 Å². The van der Waals surface area contributed by atoms with Gasteiger partial charge in [0.2, 0.25) is 15.9 Å². The van der Waals surface area contributed by atoms with Gasteiger partial charge >= 0.3 is 5.63 Å². The van der Waals surface area contributed by atoms with Crippen molar-refractivity contribution in [3.8, 4) is 34.2 Å². The number of nitrogens with zero attached hydrogens (tertiary/aromatic N) is 2. The van der Waals surface area contributed by atoms with Crippen molar-refractivity contribution in [2.45, 2.75) is 26.2 Å². The summed E-state index contributed by atoms with van der Waals surface area (Å²) in [6.07, 6.45) is 4.17. The maximum atomic E-state index is 13.0. The first-order chi connectivity index (χ1) is 16.9. The summed E-state index contributed by atoms with van der Waals surface area (Å²) >= 11 is 0. The summed E-state index contributed by atoms with van der Waals surface area (Å²) in [5.74, 6) is 1.22. The molecule has 0 aliphatic carbocycles. The highest BCUT2D eigenvalue weighted by molar-refractivity contribution is 7.92. The molecule has 0 fully saturated rings. The average molecular weight is 510 g/mol. The Kier molecular flexibility index (Phi) is 6.48. The predicted octanol–water partition coefficient (Wildman–Crippen LogP) is 4.60. The monoisotopic (exact) mass is 509 g/mol. The van der Waals surface area contributed by atoms with Gasteiger partial charge in [-0.3, -0.25) is 4.72 Å². The second-order valence-electron chi connectivity index (χ2n) is 9.34. The summed E-state index contributed by atoms with van der Waals surface area (Å²) in [4.78, 5) is 21.7. The quantitative estimate of drug-likeness (QED) is 0.400. The number of methoxy groups -OCH3 is 2. The van der Waals surface area contributed by atoms with Crippen molar-refractivity contribution in [3.63, 3.8) is 0 Å². The maximum Gasteiger partial charge on any atom is 0.344 e. The van der Waals surface area contributed by atoms with Gasteiger partial charge in [0.15, 0.2) is 0 Å². The van der Waals surface area contributed by atoms with E-state index in [0.717, 1.165) is 17.4 Å². The van der Waals surface area contributed by atoms with Crippen molar-refractivity contribution in [3.05, 3.63) is 64.8 Å². The lowest BCUT2D eigenvalue weighted by Gasteiger charge is -2.25. The fourth-order valence-corrected chi connectivity index (χ4v) is 4.55. The minimum atomic E-state index is -3.49. The number of hydrogen-bond acceptors (Lipinski definition) is 8. The molecular weight excluding hydrogens is 482 g/mol. The van der Waals surface area contributed by atoms with E-state index in [9.17, 15) is 13.2 Å². The minimum Gasteiger partial charge on any atom is -0.496 e. The molecule has 2 aromatic heterocycles. The number of hydrogen-bond donors (Lipinski definition) is 1. The SMILES string of the molecule is COc1nccnc1-c1cc(-c2cc3ccc(NS(C)(=O)=O)cc3c(=O)o2)c(OC)c(C(C)(C)C)c1. The fourth-order valence-electron chi connectivity index (χ4n) is 3.99. The Labute approximate surface area is 209 Å². The first-order valence-corrected chi connectivity index (χ1v) is 12.9. The van der Waals surface area contributed by atoms with E-state index < -0.39 is 15.6 Å². The summed E-state index contributed by atoms with van der Waals surface area (Å²) in [7, 11) is -0.401. The van der Waals surface area contributed by atoms with Crippen LogP contribution in [-0.4, -0.2) is 38.9 Å². The third-order valence-electron chi connectivity index (χ3n) is 5.56. The third-order valence-corrected chi connectivity index (χ3v) is 6.17. The van der Waals surface area contributed by atoms with Crippen molar-refractivity contribution in [1.29, 1.82) is 0 Å². The zero-order valence-corrected chi connectivity index (χ0v) is 21.7. The van der Waals surface area contributed by atoms with Gasteiger partial charge in [0.25, 0.3) is 0 Å². The van der Waals surface area contributed by atoms with Crippen LogP contribution in [0, 0.1) is 0 Å². The summed E-state index contributed by atoms with van der Waals surface area (Å²) in [6, 6.07) is 10.2. The number of aromatic nitrogens is 2. The Morgan fingerprint density at radius 3 is 2.33 bits per heavy atom. The highest BCUT2D eigenvalue weighted by Gasteiger charge is 2.26. The number of fused-ring (bicyclic) bond motifs is 1.